The van der Waals surface area contributed by atoms with Crippen LogP contribution in [0.3, 0.4) is 0 Å². The zero-order chi connectivity index (χ0) is 15.9. The zero-order valence-electron chi connectivity index (χ0n) is 13.0. The van der Waals surface area contributed by atoms with Crippen LogP contribution in [0.1, 0.15) is 0 Å². The van der Waals surface area contributed by atoms with Crippen molar-refractivity contribution >= 4 is 39.6 Å². The van der Waals surface area contributed by atoms with Gasteiger partial charge in [-0.15, -0.1) is 0 Å². The first-order chi connectivity index (χ1) is 11.9. The van der Waals surface area contributed by atoms with Crippen LogP contribution in [0, 0.1) is 0 Å². The van der Waals surface area contributed by atoms with Gasteiger partial charge in [0.1, 0.15) is 0 Å². The lowest BCUT2D eigenvalue weighted by Gasteiger charge is -2.33. The van der Waals surface area contributed by atoms with E-state index in [2.05, 4.69) is 95.9 Å². The maximum Gasteiger partial charge on any atom is 0.0601 e. The fourth-order valence-electron chi connectivity index (χ4n) is 3.37. The molecule has 0 atom stereocenters. The topological polar surface area (TPSA) is 3.24 Å². The maximum atomic E-state index is 2.39. The largest absolute Gasteiger partial charge is 0.308 e. The van der Waals surface area contributed by atoms with Crippen molar-refractivity contribution in [2.75, 3.05) is 4.90 Å². The van der Waals surface area contributed by atoms with Crippen LogP contribution in [-0.2, 0) is 0 Å². The van der Waals surface area contributed by atoms with Gasteiger partial charge in [0, 0.05) is 15.2 Å². The molecule has 24 heavy (non-hydrogen) atoms. The zero-order valence-corrected chi connectivity index (χ0v) is 13.8. The van der Waals surface area contributed by atoms with Crippen molar-refractivity contribution in [2.45, 2.75) is 9.79 Å². The predicted molar refractivity (Wildman–Crippen MR) is 103 cm³/mol. The van der Waals surface area contributed by atoms with Gasteiger partial charge >= 0.3 is 0 Å². The van der Waals surface area contributed by atoms with Crippen molar-refractivity contribution in [2.24, 2.45) is 0 Å². The molecule has 1 aliphatic heterocycles. The second kappa shape index (κ2) is 5.43. The molecule has 1 heterocycles. The van der Waals surface area contributed by atoms with Crippen LogP contribution in [0.4, 0.5) is 17.1 Å². The average molecular weight is 325 g/mol. The third kappa shape index (κ3) is 2.04. The van der Waals surface area contributed by atoms with Gasteiger partial charge in [-0.1, -0.05) is 72.4 Å². The van der Waals surface area contributed by atoms with Crippen LogP contribution in [-0.4, -0.2) is 0 Å². The lowest BCUT2D eigenvalue weighted by atomic mass is 10.1. The fraction of sp³-hybridized carbons (Fsp3) is 0. The predicted octanol–water partition coefficient (Wildman–Crippen LogP) is 6.77. The van der Waals surface area contributed by atoms with E-state index in [-0.39, 0.29) is 0 Å². The first-order valence-corrected chi connectivity index (χ1v) is 8.87. The smallest absolute Gasteiger partial charge is 0.0601 e. The number of anilines is 3. The Morgan fingerprint density at radius 3 is 1.79 bits per heavy atom. The van der Waals surface area contributed by atoms with Crippen LogP contribution in [0.5, 0.6) is 0 Å². The van der Waals surface area contributed by atoms with Crippen molar-refractivity contribution in [3.63, 3.8) is 0 Å². The molecular formula is C22H15NS. The van der Waals surface area contributed by atoms with Gasteiger partial charge in [-0.05, 0) is 35.7 Å². The highest BCUT2D eigenvalue weighted by Crippen LogP contribution is 2.52. The molecule has 0 N–H and O–H groups in total. The Balaban J connectivity index is 1.84. The van der Waals surface area contributed by atoms with E-state index < -0.39 is 0 Å². The van der Waals surface area contributed by atoms with E-state index in [9.17, 15) is 0 Å². The molecule has 0 saturated heterocycles. The highest BCUT2D eigenvalue weighted by atomic mass is 32.2. The number of nitrogens with zero attached hydrogens (tertiary/aromatic N) is 1. The minimum atomic E-state index is 1.23. The first kappa shape index (κ1) is 13.7. The lowest BCUT2D eigenvalue weighted by molar-refractivity contribution is 1.17. The summed E-state index contributed by atoms with van der Waals surface area (Å²) in [5.41, 5.74) is 3.73. The average Bonchev–Trinajstić information content (AvgIpc) is 2.66. The van der Waals surface area contributed by atoms with Crippen molar-refractivity contribution < 1.29 is 0 Å². The Morgan fingerprint density at radius 1 is 0.500 bits per heavy atom. The maximum absolute atomic E-state index is 2.39. The third-order valence-electron chi connectivity index (χ3n) is 4.44. The van der Waals surface area contributed by atoms with Crippen LogP contribution >= 0.6 is 11.8 Å². The van der Waals surface area contributed by atoms with Crippen LogP contribution < -0.4 is 4.90 Å². The normalized spacial score (nSPS) is 12.8. The van der Waals surface area contributed by atoms with Gasteiger partial charge in [0.2, 0.25) is 0 Å². The quantitative estimate of drug-likeness (QED) is 0.334. The molecule has 2 heteroatoms. The number of hydrogen-bond donors (Lipinski definition) is 0. The number of benzene rings is 4. The van der Waals surface area contributed by atoms with Gasteiger partial charge in [0.05, 0.1) is 17.1 Å². The number of para-hydroxylation sites is 2. The molecule has 0 fully saturated rings. The molecule has 0 unspecified atom stereocenters. The number of fused-ring (bicyclic) bond motifs is 3. The van der Waals surface area contributed by atoms with E-state index in [4.69, 9.17) is 0 Å². The molecule has 0 radical (unpaired) electrons. The summed E-state index contributed by atoms with van der Waals surface area (Å²) in [6.07, 6.45) is 0. The number of hydrogen-bond acceptors (Lipinski definition) is 2. The number of rotatable bonds is 1. The Morgan fingerprint density at radius 2 is 1.04 bits per heavy atom. The molecule has 0 saturated carbocycles. The van der Waals surface area contributed by atoms with Crippen LogP contribution in [0.25, 0.3) is 10.8 Å². The summed E-state index contributed by atoms with van der Waals surface area (Å²) in [5.74, 6) is 0. The van der Waals surface area contributed by atoms with E-state index in [0.29, 0.717) is 0 Å². The first-order valence-electron chi connectivity index (χ1n) is 8.06. The Labute approximate surface area is 145 Å². The molecule has 1 nitrogen and oxygen atoms in total. The highest BCUT2D eigenvalue weighted by Gasteiger charge is 2.24. The molecule has 0 aliphatic carbocycles. The van der Waals surface area contributed by atoms with E-state index in [1.54, 1.807) is 0 Å². The van der Waals surface area contributed by atoms with E-state index in [1.165, 1.54) is 37.6 Å². The summed E-state index contributed by atoms with van der Waals surface area (Å²) in [6, 6.07) is 32.4. The van der Waals surface area contributed by atoms with E-state index in [1.807, 2.05) is 11.8 Å². The molecule has 4 aromatic rings. The Kier molecular flexibility index (Phi) is 3.10. The van der Waals surface area contributed by atoms with Gasteiger partial charge in [0.25, 0.3) is 0 Å². The van der Waals surface area contributed by atoms with Crippen molar-refractivity contribution in [1.82, 2.24) is 0 Å². The molecular weight excluding hydrogens is 310 g/mol. The summed E-state index contributed by atoms with van der Waals surface area (Å²) in [6.45, 7) is 0. The molecule has 0 bridgehead atoms. The third-order valence-corrected chi connectivity index (χ3v) is 5.57. The highest BCUT2D eigenvalue weighted by molar-refractivity contribution is 7.99. The molecule has 5 rings (SSSR count). The molecule has 0 amide bonds. The minimum absolute atomic E-state index is 1.23. The summed E-state index contributed by atoms with van der Waals surface area (Å²) >= 11 is 1.84. The van der Waals surface area contributed by atoms with Crippen molar-refractivity contribution in [3.8, 4) is 0 Å². The Bertz CT molecular complexity index is 1000. The van der Waals surface area contributed by atoms with Crippen LogP contribution in [0.15, 0.2) is 101 Å². The molecule has 1 aliphatic rings. The van der Waals surface area contributed by atoms with E-state index >= 15 is 0 Å². The summed E-state index contributed by atoms with van der Waals surface area (Å²) in [4.78, 5) is 4.98. The molecule has 0 aromatic heterocycles. The second-order valence-corrected chi connectivity index (χ2v) is 6.95. The van der Waals surface area contributed by atoms with Gasteiger partial charge < -0.3 is 4.90 Å². The van der Waals surface area contributed by atoms with Gasteiger partial charge in [-0.3, -0.25) is 0 Å². The monoisotopic (exact) mass is 325 g/mol. The molecule has 114 valence electrons. The summed E-state index contributed by atoms with van der Waals surface area (Å²) < 4.78 is 0. The van der Waals surface area contributed by atoms with Gasteiger partial charge in [0.15, 0.2) is 0 Å². The SMILES string of the molecule is c1ccc2c(c1)Sc1ccccc1N2c1cccc2ccccc12. The standard InChI is InChI=1S/C22H15NS/c1-2-10-17-16(8-1)9-7-13-18(17)23-19-11-3-5-14-21(19)24-22-15-6-4-12-20(22)23/h1-15H. The van der Waals surface area contributed by atoms with Crippen molar-refractivity contribution in [3.05, 3.63) is 91.0 Å². The van der Waals surface area contributed by atoms with Crippen molar-refractivity contribution in [1.29, 1.82) is 0 Å². The summed E-state index contributed by atoms with van der Waals surface area (Å²) in [5, 5.41) is 2.54. The lowest BCUT2D eigenvalue weighted by Crippen LogP contribution is -2.14. The van der Waals surface area contributed by atoms with E-state index in [0.717, 1.165) is 0 Å². The fourth-order valence-corrected chi connectivity index (χ4v) is 4.43. The Hall–Kier alpha value is -2.71. The minimum Gasteiger partial charge on any atom is -0.308 e. The summed E-state index contributed by atoms with van der Waals surface area (Å²) in [7, 11) is 0. The molecule has 4 aromatic carbocycles. The second-order valence-electron chi connectivity index (χ2n) is 5.87. The van der Waals surface area contributed by atoms with Crippen LogP contribution in [0.2, 0.25) is 0 Å². The van der Waals surface area contributed by atoms with Gasteiger partial charge in [-0.25, -0.2) is 0 Å². The van der Waals surface area contributed by atoms with Gasteiger partial charge in [-0.2, -0.15) is 0 Å². The molecule has 0 spiro atoms.